The number of carbonyl (C=O) groups excluding carboxylic acids is 1. The molecule has 1 aliphatic rings. The molecule has 156 valence electrons. The van der Waals surface area contributed by atoms with Crippen molar-refractivity contribution in [2.75, 3.05) is 36.4 Å². The zero-order valence-corrected chi connectivity index (χ0v) is 17.4. The van der Waals surface area contributed by atoms with Crippen molar-refractivity contribution in [3.05, 3.63) is 71.8 Å². The van der Waals surface area contributed by atoms with E-state index in [0.717, 1.165) is 17.1 Å². The molecule has 1 saturated heterocycles. The molecule has 1 N–H and O–H groups in total. The number of aromatic nitrogens is 4. The highest BCUT2D eigenvalue weighted by Crippen LogP contribution is 2.20. The van der Waals surface area contributed by atoms with E-state index in [1.807, 2.05) is 42.5 Å². The fraction of sp³-hybridized carbons (Fsp3) is 0.182. The molecular formula is C22H20ClN7O. The molecular weight excluding hydrogens is 414 g/mol. The Morgan fingerprint density at radius 1 is 0.871 bits per heavy atom. The first kappa shape index (κ1) is 19.3. The number of rotatable bonds is 3. The fourth-order valence-corrected chi connectivity index (χ4v) is 3.72. The highest BCUT2D eigenvalue weighted by atomic mass is 35.5. The summed E-state index contributed by atoms with van der Waals surface area (Å²) in [6.45, 7) is 2.59. The molecule has 2 amide bonds. The highest BCUT2D eigenvalue weighted by Gasteiger charge is 2.23. The lowest BCUT2D eigenvalue weighted by Gasteiger charge is -2.35. The Kier molecular flexibility index (Phi) is 5.13. The number of hydrogen-bond acceptors (Lipinski definition) is 5. The summed E-state index contributed by atoms with van der Waals surface area (Å²) >= 11 is 5.90. The van der Waals surface area contributed by atoms with Gasteiger partial charge in [0.15, 0.2) is 11.5 Å². The first-order valence-electron chi connectivity index (χ1n) is 10.0. The lowest BCUT2D eigenvalue weighted by molar-refractivity contribution is 0.208. The third-order valence-corrected chi connectivity index (χ3v) is 5.52. The second kappa shape index (κ2) is 8.23. The summed E-state index contributed by atoms with van der Waals surface area (Å²) in [5.41, 5.74) is 2.39. The summed E-state index contributed by atoms with van der Waals surface area (Å²) in [4.78, 5) is 16.5. The minimum absolute atomic E-state index is 0.115. The molecule has 2 aromatic heterocycles. The third-order valence-electron chi connectivity index (χ3n) is 5.27. The van der Waals surface area contributed by atoms with Crippen LogP contribution in [0, 0.1) is 0 Å². The average molecular weight is 434 g/mol. The standard InChI is InChI=1S/C22H20ClN7O/c23-17-6-8-18(9-7-17)24-22(31)29-14-12-28(13-15-29)20-11-10-19-25-26-21(30(19)27-20)16-4-2-1-3-5-16/h1-11H,12-15H2,(H,24,31). The van der Waals surface area contributed by atoms with E-state index in [-0.39, 0.29) is 6.03 Å². The molecule has 9 heteroatoms. The van der Waals surface area contributed by atoms with Gasteiger partial charge in [-0.05, 0) is 36.4 Å². The molecule has 31 heavy (non-hydrogen) atoms. The van der Waals surface area contributed by atoms with Gasteiger partial charge in [-0.1, -0.05) is 41.9 Å². The molecule has 8 nitrogen and oxygen atoms in total. The normalized spacial score (nSPS) is 14.1. The van der Waals surface area contributed by atoms with Crippen molar-refractivity contribution < 1.29 is 4.79 Å². The third kappa shape index (κ3) is 4.02. The fourth-order valence-electron chi connectivity index (χ4n) is 3.59. The smallest absolute Gasteiger partial charge is 0.321 e. The van der Waals surface area contributed by atoms with E-state index in [1.54, 1.807) is 33.7 Å². The van der Waals surface area contributed by atoms with Gasteiger partial charge in [0, 0.05) is 42.5 Å². The molecule has 0 spiro atoms. The number of piperazine rings is 1. The highest BCUT2D eigenvalue weighted by molar-refractivity contribution is 6.30. The number of amides is 2. The van der Waals surface area contributed by atoms with Crippen molar-refractivity contribution in [2.24, 2.45) is 0 Å². The predicted molar refractivity (Wildman–Crippen MR) is 120 cm³/mol. The van der Waals surface area contributed by atoms with Crippen molar-refractivity contribution in [3.8, 4) is 11.4 Å². The van der Waals surface area contributed by atoms with Gasteiger partial charge in [-0.15, -0.1) is 15.3 Å². The predicted octanol–water partition coefficient (Wildman–Crippen LogP) is 3.80. The Hall–Kier alpha value is -3.65. The number of fused-ring (bicyclic) bond motifs is 1. The van der Waals surface area contributed by atoms with Gasteiger partial charge in [-0.3, -0.25) is 0 Å². The van der Waals surface area contributed by atoms with Gasteiger partial charge in [-0.25, -0.2) is 4.79 Å². The molecule has 4 aromatic rings. The lowest BCUT2D eigenvalue weighted by atomic mass is 10.2. The first-order valence-corrected chi connectivity index (χ1v) is 10.4. The van der Waals surface area contributed by atoms with E-state index in [4.69, 9.17) is 16.7 Å². The number of carbonyl (C=O) groups is 1. The largest absolute Gasteiger partial charge is 0.352 e. The molecule has 0 bridgehead atoms. The van der Waals surface area contributed by atoms with Crippen LogP contribution in [0.3, 0.4) is 0 Å². The summed E-state index contributed by atoms with van der Waals surface area (Å²) in [6, 6.07) is 20.7. The lowest BCUT2D eigenvalue weighted by Crippen LogP contribution is -2.50. The summed E-state index contributed by atoms with van der Waals surface area (Å²) in [5.74, 6) is 1.54. The summed E-state index contributed by atoms with van der Waals surface area (Å²) in [5, 5.41) is 16.8. The Labute approximate surface area is 184 Å². The molecule has 0 unspecified atom stereocenters. The summed E-state index contributed by atoms with van der Waals surface area (Å²) < 4.78 is 1.77. The number of anilines is 2. The number of halogens is 1. The second-order valence-corrected chi connectivity index (χ2v) is 7.70. The Morgan fingerprint density at radius 2 is 1.61 bits per heavy atom. The molecule has 0 atom stereocenters. The molecule has 1 fully saturated rings. The van der Waals surface area contributed by atoms with Crippen LogP contribution in [-0.4, -0.2) is 56.9 Å². The van der Waals surface area contributed by atoms with Gasteiger partial charge in [0.2, 0.25) is 0 Å². The van der Waals surface area contributed by atoms with Crippen molar-refractivity contribution in [1.82, 2.24) is 24.7 Å². The Bertz CT molecular complexity index is 1200. The van der Waals surface area contributed by atoms with Crippen LogP contribution in [0.25, 0.3) is 17.0 Å². The Balaban J connectivity index is 1.28. The average Bonchev–Trinajstić information content (AvgIpc) is 3.24. The number of nitrogens with one attached hydrogen (secondary N) is 1. The van der Waals surface area contributed by atoms with Crippen LogP contribution in [-0.2, 0) is 0 Å². The molecule has 2 aromatic carbocycles. The second-order valence-electron chi connectivity index (χ2n) is 7.26. The SMILES string of the molecule is O=C(Nc1ccc(Cl)cc1)N1CCN(c2ccc3nnc(-c4ccccc4)n3n2)CC1. The molecule has 0 saturated carbocycles. The van der Waals surface area contributed by atoms with E-state index >= 15 is 0 Å². The minimum atomic E-state index is -0.115. The monoisotopic (exact) mass is 433 g/mol. The van der Waals surface area contributed by atoms with Crippen LogP contribution >= 0.6 is 11.6 Å². The number of nitrogens with zero attached hydrogens (tertiary/aromatic N) is 6. The minimum Gasteiger partial charge on any atom is -0.352 e. The quantitative estimate of drug-likeness (QED) is 0.531. The summed E-state index contributed by atoms with van der Waals surface area (Å²) in [6.07, 6.45) is 0. The van der Waals surface area contributed by atoms with Gasteiger partial charge in [0.05, 0.1) is 0 Å². The van der Waals surface area contributed by atoms with Crippen LogP contribution < -0.4 is 10.2 Å². The maximum atomic E-state index is 12.6. The number of benzene rings is 2. The van der Waals surface area contributed by atoms with Crippen LogP contribution in [0.1, 0.15) is 0 Å². The van der Waals surface area contributed by atoms with Crippen molar-refractivity contribution >= 4 is 34.8 Å². The van der Waals surface area contributed by atoms with Gasteiger partial charge in [0.25, 0.3) is 0 Å². The van der Waals surface area contributed by atoms with Crippen LogP contribution in [0.2, 0.25) is 5.02 Å². The zero-order chi connectivity index (χ0) is 21.2. The van der Waals surface area contributed by atoms with E-state index in [1.165, 1.54) is 0 Å². The Morgan fingerprint density at radius 3 is 2.35 bits per heavy atom. The van der Waals surface area contributed by atoms with Crippen molar-refractivity contribution in [1.29, 1.82) is 0 Å². The maximum Gasteiger partial charge on any atom is 0.321 e. The number of urea groups is 1. The van der Waals surface area contributed by atoms with Crippen molar-refractivity contribution in [3.63, 3.8) is 0 Å². The van der Waals surface area contributed by atoms with Crippen LogP contribution in [0.4, 0.5) is 16.3 Å². The topological polar surface area (TPSA) is 78.7 Å². The van der Waals surface area contributed by atoms with Gasteiger partial charge < -0.3 is 15.1 Å². The maximum absolute atomic E-state index is 12.6. The van der Waals surface area contributed by atoms with Gasteiger partial charge in [0.1, 0.15) is 5.82 Å². The van der Waals surface area contributed by atoms with E-state index in [0.29, 0.717) is 42.7 Å². The van der Waals surface area contributed by atoms with E-state index in [2.05, 4.69) is 20.4 Å². The molecule has 5 rings (SSSR count). The first-order chi connectivity index (χ1) is 15.2. The van der Waals surface area contributed by atoms with E-state index in [9.17, 15) is 4.79 Å². The molecule has 0 radical (unpaired) electrons. The summed E-state index contributed by atoms with van der Waals surface area (Å²) in [7, 11) is 0. The molecule has 1 aliphatic heterocycles. The molecule has 0 aliphatic carbocycles. The van der Waals surface area contributed by atoms with E-state index < -0.39 is 0 Å². The van der Waals surface area contributed by atoms with Gasteiger partial charge >= 0.3 is 6.03 Å². The van der Waals surface area contributed by atoms with Crippen LogP contribution in [0.15, 0.2) is 66.7 Å². The molecule has 3 heterocycles. The van der Waals surface area contributed by atoms with Crippen molar-refractivity contribution in [2.45, 2.75) is 0 Å². The number of hydrogen-bond donors (Lipinski definition) is 1. The van der Waals surface area contributed by atoms with Crippen LogP contribution in [0.5, 0.6) is 0 Å². The zero-order valence-electron chi connectivity index (χ0n) is 16.6. The van der Waals surface area contributed by atoms with Gasteiger partial charge in [-0.2, -0.15) is 4.52 Å².